The number of carbonyl (C=O) groups excluding carboxylic acids is 2. The zero-order valence-corrected chi connectivity index (χ0v) is 16.7. The Bertz CT molecular complexity index is 359. The first kappa shape index (κ1) is 24.3. The van der Waals surface area contributed by atoms with E-state index in [0.29, 0.717) is 13.0 Å². The molecule has 148 valence electrons. The van der Waals surface area contributed by atoms with Crippen molar-refractivity contribution in [2.75, 3.05) is 44.9 Å². The average molecular weight is 399 g/mol. The molecule has 8 nitrogen and oxygen atoms in total. The quantitative estimate of drug-likeness (QED) is 0.216. The molecule has 0 aromatic heterocycles. The number of ether oxygens (including phenoxy) is 3. The predicted octanol–water partition coefficient (Wildman–Crippen LogP) is 1.38. The highest BCUT2D eigenvalue weighted by Crippen LogP contribution is 2.18. The van der Waals surface area contributed by atoms with E-state index in [-0.39, 0.29) is 38.2 Å². The highest BCUT2D eigenvalue weighted by molar-refractivity contribution is 8.76. The molecule has 2 atom stereocenters. The third-order valence-electron chi connectivity index (χ3n) is 2.95. The standard InChI is InChI=1S/C15H30N2O6S2/c1-4-12(10-18)23-14(21-3)11-22-15(20)17-7-6-13(19)16-8-9-25-24-5-2/h12,14,18H,4-11H2,1-3H3,(H,16,19)(H,17,20). The van der Waals surface area contributed by atoms with E-state index in [1.807, 2.05) is 6.92 Å². The van der Waals surface area contributed by atoms with Crippen molar-refractivity contribution in [3.05, 3.63) is 0 Å². The molecule has 0 saturated carbocycles. The molecule has 0 aliphatic heterocycles. The molecule has 0 radical (unpaired) electrons. The van der Waals surface area contributed by atoms with Gasteiger partial charge in [0.1, 0.15) is 6.61 Å². The number of amides is 2. The van der Waals surface area contributed by atoms with Crippen molar-refractivity contribution in [2.24, 2.45) is 0 Å². The topological polar surface area (TPSA) is 106 Å². The summed E-state index contributed by atoms with van der Waals surface area (Å²) < 4.78 is 15.4. The van der Waals surface area contributed by atoms with Crippen LogP contribution < -0.4 is 10.6 Å². The first-order valence-corrected chi connectivity index (χ1v) is 10.8. The molecular formula is C15H30N2O6S2. The summed E-state index contributed by atoms with van der Waals surface area (Å²) in [7, 11) is 4.90. The Hall–Kier alpha value is -0.680. The van der Waals surface area contributed by atoms with Crippen LogP contribution in [0.1, 0.15) is 26.7 Å². The predicted molar refractivity (Wildman–Crippen MR) is 101 cm³/mol. The fourth-order valence-electron chi connectivity index (χ4n) is 1.58. The third-order valence-corrected chi connectivity index (χ3v) is 5.43. The van der Waals surface area contributed by atoms with Gasteiger partial charge in [0.05, 0.1) is 12.7 Å². The molecule has 0 rings (SSSR count). The molecule has 3 N–H and O–H groups in total. The molecule has 0 aromatic carbocycles. The van der Waals surface area contributed by atoms with Crippen LogP contribution in [0, 0.1) is 0 Å². The second-order valence-electron chi connectivity index (χ2n) is 4.87. The van der Waals surface area contributed by atoms with Crippen LogP contribution in [0.3, 0.4) is 0 Å². The lowest BCUT2D eigenvalue weighted by Gasteiger charge is -2.21. The highest BCUT2D eigenvalue weighted by atomic mass is 33.1. The van der Waals surface area contributed by atoms with Crippen LogP contribution in [-0.2, 0) is 19.0 Å². The van der Waals surface area contributed by atoms with Crippen molar-refractivity contribution in [3.8, 4) is 0 Å². The maximum absolute atomic E-state index is 11.6. The summed E-state index contributed by atoms with van der Waals surface area (Å²) in [4.78, 5) is 23.1. The molecule has 0 bridgehead atoms. The van der Waals surface area contributed by atoms with Crippen molar-refractivity contribution in [1.29, 1.82) is 0 Å². The normalized spacial score (nSPS) is 13.1. The van der Waals surface area contributed by atoms with Gasteiger partial charge in [0.2, 0.25) is 5.91 Å². The number of carbonyl (C=O) groups is 2. The molecule has 25 heavy (non-hydrogen) atoms. The maximum atomic E-state index is 11.6. The smallest absolute Gasteiger partial charge is 0.407 e. The summed E-state index contributed by atoms with van der Waals surface area (Å²) in [5.41, 5.74) is 0. The number of rotatable bonds is 15. The molecule has 0 saturated heterocycles. The summed E-state index contributed by atoms with van der Waals surface area (Å²) in [5, 5.41) is 14.4. The Balaban J connectivity index is 3.76. The second kappa shape index (κ2) is 16.8. The van der Waals surface area contributed by atoms with Gasteiger partial charge < -0.3 is 30.0 Å². The molecule has 0 aliphatic carbocycles. The summed E-state index contributed by atoms with van der Waals surface area (Å²) >= 11 is 0. The van der Waals surface area contributed by atoms with Gasteiger partial charge in [-0.2, -0.15) is 0 Å². The van der Waals surface area contributed by atoms with E-state index in [9.17, 15) is 9.59 Å². The highest BCUT2D eigenvalue weighted by Gasteiger charge is 2.16. The minimum Gasteiger partial charge on any atom is -0.444 e. The van der Waals surface area contributed by atoms with Gasteiger partial charge in [-0.1, -0.05) is 35.4 Å². The third kappa shape index (κ3) is 14.2. The molecule has 0 heterocycles. The maximum Gasteiger partial charge on any atom is 0.407 e. The molecular weight excluding hydrogens is 368 g/mol. The van der Waals surface area contributed by atoms with Crippen LogP contribution >= 0.6 is 21.6 Å². The van der Waals surface area contributed by atoms with Crippen LogP contribution in [0.2, 0.25) is 0 Å². The zero-order chi connectivity index (χ0) is 18.9. The minimum absolute atomic E-state index is 0.0999. The summed E-state index contributed by atoms with van der Waals surface area (Å²) in [6.45, 7) is 4.51. The summed E-state index contributed by atoms with van der Waals surface area (Å²) in [6.07, 6.45) is -0.954. The molecule has 2 unspecified atom stereocenters. The lowest BCUT2D eigenvalue weighted by atomic mass is 10.3. The fourth-order valence-corrected chi connectivity index (χ4v) is 3.15. The number of alkyl carbamates (subject to hydrolysis) is 1. The molecule has 2 amide bonds. The van der Waals surface area contributed by atoms with E-state index in [2.05, 4.69) is 17.6 Å². The second-order valence-corrected chi connectivity index (χ2v) is 7.74. The largest absolute Gasteiger partial charge is 0.444 e. The van der Waals surface area contributed by atoms with Gasteiger partial charge in [-0.3, -0.25) is 4.79 Å². The Morgan fingerprint density at radius 1 is 1.16 bits per heavy atom. The Morgan fingerprint density at radius 3 is 2.52 bits per heavy atom. The SMILES string of the molecule is CCSSCCNC(=O)CCNC(=O)OCC(OC)OC(CC)CO. The number of nitrogens with one attached hydrogen (secondary N) is 2. The monoisotopic (exact) mass is 398 g/mol. The van der Waals surface area contributed by atoms with Crippen LogP contribution in [0.15, 0.2) is 0 Å². The van der Waals surface area contributed by atoms with Crippen molar-refractivity contribution >= 4 is 33.6 Å². The van der Waals surface area contributed by atoms with Gasteiger partial charge in [-0.25, -0.2) is 4.79 Å². The fraction of sp³-hybridized carbons (Fsp3) is 0.867. The van der Waals surface area contributed by atoms with E-state index >= 15 is 0 Å². The van der Waals surface area contributed by atoms with E-state index in [1.165, 1.54) is 7.11 Å². The van der Waals surface area contributed by atoms with Gasteiger partial charge in [0.15, 0.2) is 6.29 Å². The molecule has 10 heteroatoms. The first-order valence-electron chi connectivity index (χ1n) is 8.28. The van der Waals surface area contributed by atoms with E-state index in [0.717, 1.165) is 11.5 Å². The minimum atomic E-state index is -0.746. The van der Waals surface area contributed by atoms with Crippen molar-refractivity contribution in [1.82, 2.24) is 10.6 Å². The Morgan fingerprint density at radius 2 is 1.92 bits per heavy atom. The zero-order valence-electron chi connectivity index (χ0n) is 15.1. The van der Waals surface area contributed by atoms with Gasteiger partial charge >= 0.3 is 6.09 Å². The van der Waals surface area contributed by atoms with Gasteiger partial charge in [0, 0.05) is 38.1 Å². The number of aliphatic hydroxyl groups excluding tert-OH is 1. The van der Waals surface area contributed by atoms with Gasteiger partial charge in [0.25, 0.3) is 0 Å². The number of hydrogen-bond donors (Lipinski definition) is 3. The van der Waals surface area contributed by atoms with Crippen LogP contribution in [0.25, 0.3) is 0 Å². The van der Waals surface area contributed by atoms with Gasteiger partial charge in [-0.15, -0.1) is 0 Å². The van der Waals surface area contributed by atoms with E-state index in [1.54, 1.807) is 21.6 Å². The first-order chi connectivity index (χ1) is 12.1. The van der Waals surface area contributed by atoms with Crippen molar-refractivity contribution < 1.29 is 28.9 Å². The molecule has 0 aliphatic rings. The van der Waals surface area contributed by atoms with E-state index in [4.69, 9.17) is 19.3 Å². The molecule has 0 fully saturated rings. The van der Waals surface area contributed by atoms with Gasteiger partial charge in [-0.05, 0) is 6.42 Å². The number of hydrogen-bond acceptors (Lipinski definition) is 8. The Kier molecular flexibility index (Phi) is 16.3. The van der Waals surface area contributed by atoms with Crippen LogP contribution in [0.4, 0.5) is 4.79 Å². The molecule has 0 aromatic rings. The Labute approximate surface area is 157 Å². The lowest BCUT2D eigenvalue weighted by Crippen LogP contribution is -2.35. The van der Waals surface area contributed by atoms with Crippen LogP contribution in [-0.4, -0.2) is 74.4 Å². The van der Waals surface area contributed by atoms with E-state index < -0.39 is 12.4 Å². The van der Waals surface area contributed by atoms with Crippen molar-refractivity contribution in [2.45, 2.75) is 39.1 Å². The summed E-state index contributed by atoms with van der Waals surface area (Å²) in [5.74, 6) is 1.78. The average Bonchev–Trinajstić information content (AvgIpc) is 2.62. The lowest BCUT2D eigenvalue weighted by molar-refractivity contribution is -0.181. The number of methoxy groups -OCH3 is 1. The number of aliphatic hydroxyl groups is 1. The summed E-state index contributed by atoms with van der Waals surface area (Å²) in [6, 6.07) is 0. The van der Waals surface area contributed by atoms with Crippen LogP contribution in [0.5, 0.6) is 0 Å². The molecule has 0 spiro atoms. The van der Waals surface area contributed by atoms with Crippen molar-refractivity contribution in [3.63, 3.8) is 0 Å².